The second kappa shape index (κ2) is 9.43. The number of imidazole rings is 2. The van der Waals surface area contributed by atoms with Crippen LogP contribution in [0, 0.1) is 5.82 Å². The molecule has 8 nitrogen and oxygen atoms in total. The van der Waals surface area contributed by atoms with E-state index >= 15 is 0 Å². The van der Waals surface area contributed by atoms with Gasteiger partial charge in [0.25, 0.3) is 0 Å². The minimum absolute atomic E-state index is 0.0244. The number of piperidine rings is 1. The number of fused-ring (bicyclic) bond motifs is 1. The van der Waals surface area contributed by atoms with Crippen LogP contribution in [0.5, 0.6) is 0 Å². The number of carbonyl (C=O) groups is 1. The smallest absolute Gasteiger partial charge is 0.168 e. The molecule has 1 aliphatic heterocycles. The first kappa shape index (κ1) is 22.2. The maximum absolute atomic E-state index is 13.6. The van der Waals surface area contributed by atoms with Crippen molar-refractivity contribution in [2.24, 2.45) is 0 Å². The molecule has 1 N–H and O–H groups in total. The number of rotatable bonds is 6. The van der Waals surface area contributed by atoms with Crippen LogP contribution in [0.25, 0.3) is 28.3 Å². The van der Waals surface area contributed by atoms with E-state index in [0.29, 0.717) is 16.9 Å². The molecule has 1 saturated heterocycles. The molecule has 1 aromatic carbocycles. The number of nitrogens with one attached hydrogen (secondary N) is 1. The highest BCUT2D eigenvalue weighted by atomic mass is 19.1. The van der Waals surface area contributed by atoms with Crippen molar-refractivity contribution >= 4 is 11.4 Å². The van der Waals surface area contributed by atoms with Crippen molar-refractivity contribution in [3.8, 4) is 22.6 Å². The van der Waals surface area contributed by atoms with E-state index in [0.717, 1.165) is 48.6 Å². The van der Waals surface area contributed by atoms with Gasteiger partial charge in [-0.15, -0.1) is 0 Å². The molecule has 0 saturated carbocycles. The molecule has 0 bridgehead atoms. The molecule has 1 aliphatic rings. The number of aromatic nitrogens is 6. The molecular formula is C27H24FN7O. The summed E-state index contributed by atoms with van der Waals surface area (Å²) in [4.78, 5) is 25.9. The molecule has 36 heavy (non-hydrogen) atoms. The first-order chi connectivity index (χ1) is 17.7. The molecule has 0 amide bonds. The molecule has 0 unspecified atom stereocenters. The minimum atomic E-state index is -0.287. The third kappa shape index (κ3) is 4.29. The van der Waals surface area contributed by atoms with Crippen molar-refractivity contribution < 1.29 is 9.18 Å². The molecule has 5 aromatic rings. The molecule has 0 spiro atoms. The monoisotopic (exact) mass is 481 g/mol. The van der Waals surface area contributed by atoms with Crippen molar-refractivity contribution in [3.05, 3.63) is 90.5 Å². The Morgan fingerprint density at radius 1 is 1.03 bits per heavy atom. The summed E-state index contributed by atoms with van der Waals surface area (Å²) in [6, 6.07) is 13.9. The normalized spacial score (nSPS) is 14.4. The average Bonchev–Trinajstić information content (AvgIpc) is 3.54. The van der Waals surface area contributed by atoms with Crippen LogP contribution < -0.4 is 5.32 Å². The van der Waals surface area contributed by atoms with E-state index in [1.54, 1.807) is 47.4 Å². The summed E-state index contributed by atoms with van der Waals surface area (Å²) in [5, 5.41) is 8.27. The second-order valence-electron chi connectivity index (χ2n) is 8.93. The molecule has 180 valence electrons. The Bertz CT molecular complexity index is 1520. The lowest BCUT2D eigenvalue weighted by Crippen LogP contribution is -2.29. The van der Waals surface area contributed by atoms with Gasteiger partial charge in [-0.05, 0) is 74.5 Å². The molecule has 5 heterocycles. The summed E-state index contributed by atoms with van der Waals surface area (Å²) in [7, 11) is 0. The summed E-state index contributed by atoms with van der Waals surface area (Å²) in [5.41, 5.74) is 5.12. The zero-order valence-electron chi connectivity index (χ0n) is 19.5. The first-order valence-electron chi connectivity index (χ1n) is 12.0. The van der Waals surface area contributed by atoms with E-state index < -0.39 is 0 Å². The van der Waals surface area contributed by atoms with Crippen molar-refractivity contribution in [1.29, 1.82) is 0 Å². The molecule has 9 heteroatoms. The number of pyridine rings is 1. The minimum Gasteiger partial charge on any atom is -0.326 e. The van der Waals surface area contributed by atoms with Gasteiger partial charge < -0.3 is 9.88 Å². The first-order valence-corrected chi connectivity index (χ1v) is 12.0. The van der Waals surface area contributed by atoms with Crippen molar-refractivity contribution in [2.75, 3.05) is 13.1 Å². The highest BCUT2D eigenvalue weighted by molar-refractivity contribution is 5.97. The molecule has 0 atom stereocenters. The van der Waals surface area contributed by atoms with Crippen LogP contribution in [0.2, 0.25) is 0 Å². The third-order valence-electron chi connectivity index (χ3n) is 6.57. The van der Waals surface area contributed by atoms with Crippen molar-refractivity contribution in [3.63, 3.8) is 0 Å². The van der Waals surface area contributed by atoms with Gasteiger partial charge in [-0.3, -0.25) is 9.78 Å². The molecular weight excluding hydrogens is 457 g/mol. The van der Waals surface area contributed by atoms with Gasteiger partial charge in [-0.25, -0.2) is 18.9 Å². The number of hydrogen-bond donors (Lipinski definition) is 1. The summed E-state index contributed by atoms with van der Waals surface area (Å²) in [5.74, 6) is -0.312. The van der Waals surface area contributed by atoms with Crippen LogP contribution in [0.4, 0.5) is 4.39 Å². The average molecular weight is 482 g/mol. The lowest BCUT2D eigenvalue weighted by molar-refractivity contribution is 0.0992. The number of ketones is 1. The summed E-state index contributed by atoms with van der Waals surface area (Å²) >= 11 is 0. The van der Waals surface area contributed by atoms with Crippen LogP contribution in [-0.2, 0) is 6.42 Å². The van der Waals surface area contributed by atoms with Crippen molar-refractivity contribution in [1.82, 2.24) is 34.4 Å². The second-order valence-corrected chi connectivity index (χ2v) is 8.93. The standard InChI is InChI=1S/C27H24FN7O/c28-20-3-1-19(2-4-20)26-27(34(17-31-26)22-9-13-30-14-10-22)23-5-6-25-32-21(16-35(25)33-23)15-24(36)18-7-11-29-12-8-18/h1-8,11-12,16-17,22,30H,9-10,13-15H2. The maximum Gasteiger partial charge on any atom is 0.168 e. The highest BCUT2D eigenvalue weighted by Crippen LogP contribution is 2.34. The quantitative estimate of drug-likeness (QED) is 0.367. The van der Waals surface area contributed by atoms with Crippen LogP contribution in [0.1, 0.15) is 34.9 Å². The van der Waals surface area contributed by atoms with Gasteiger partial charge in [-0.2, -0.15) is 5.10 Å². The number of benzene rings is 1. The number of nitrogens with zero attached hydrogens (tertiary/aromatic N) is 6. The summed E-state index contributed by atoms with van der Waals surface area (Å²) < 4.78 is 17.5. The topological polar surface area (TPSA) is 90.0 Å². The van der Waals surface area contributed by atoms with Crippen LogP contribution in [0.15, 0.2) is 73.4 Å². The van der Waals surface area contributed by atoms with Crippen LogP contribution >= 0.6 is 0 Å². The zero-order chi connectivity index (χ0) is 24.5. The largest absolute Gasteiger partial charge is 0.326 e. The van der Waals surface area contributed by atoms with Crippen LogP contribution in [0.3, 0.4) is 0 Å². The molecule has 1 fully saturated rings. The number of hydrogen-bond acceptors (Lipinski definition) is 6. The van der Waals surface area contributed by atoms with Gasteiger partial charge in [0.1, 0.15) is 11.5 Å². The fourth-order valence-electron chi connectivity index (χ4n) is 4.74. The summed E-state index contributed by atoms with van der Waals surface area (Å²) in [6.07, 6.45) is 9.02. The number of carbonyl (C=O) groups excluding carboxylic acids is 1. The Labute approximate surface area is 206 Å². The van der Waals surface area contributed by atoms with Gasteiger partial charge in [0, 0.05) is 29.6 Å². The van der Waals surface area contributed by atoms with E-state index in [1.807, 2.05) is 18.5 Å². The Hall–Kier alpha value is -4.24. The maximum atomic E-state index is 13.6. The molecule has 6 rings (SSSR count). The fraction of sp³-hybridized carbons (Fsp3) is 0.222. The Morgan fingerprint density at radius 3 is 2.58 bits per heavy atom. The highest BCUT2D eigenvalue weighted by Gasteiger charge is 2.24. The van der Waals surface area contributed by atoms with Gasteiger partial charge in [-0.1, -0.05) is 0 Å². The molecule has 0 radical (unpaired) electrons. The van der Waals surface area contributed by atoms with Gasteiger partial charge in [0.15, 0.2) is 11.4 Å². The number of halogens is 1. The Kier molecular flexibility index (Phi) is 5.82. The van der Waals surface area contributed by atoms with Gasteiger partial charge in [0.05, 0.1) is 36.0 Å². The summed E-state index contributed by atoms with van der Waals surface area (Å²) in [6.45, 7) is 1.88. The Balaban J connectivity index is 1.39. The predicted molar refractivity (Wildman–Crippen MR) is 133 cm³/mol. The van der Waals surface area contributed by atoms with E-state index in [9.17, 15) is 9.18 Å². The van der Waals surface area contributed by atoms with Gasteiger partial charge in [0.2, 0.25) is 0 Å². The lowest BCUT2D eigenvalue weighted by Gasteiger charge is -2.25. The van der Waals surface area contributed by atoms with Gasteiger partial charge >= 0.3 is 0 Å². The SMILES string of the molecule is O=C(Cc1cn2nc(-c3c(-c4ccc(F)cc4)ncn3C3CCNCC3)ccc2n1)c1ccncc1. The van der Waals surface area contributed by atoms with Crippen LogP contribution in [-0.4, -0.2) is 48.0 Å². The van der Waals surface area contributed by atoms with E-state index in [2.05, 4.69) is 19.9 Å². The predicted octanol–water partition coefficient (Wildman–Crippen LogP) is 4.14. The number of Topliss-reactive ketones (excluding diaryl/α,β-unsaturated/α-hetero) is 1. The Morgan fingerprint density at radius 2 is 1.81 bits per heavy atom. The van der Waals surface area contributed by atoms with E-state index in [1.165, 1.54) is 12.1 Å². The zero-order valence-corrected chi connectivity index (χ0v) is 19.5. The third-order valence-corrected chi connectivity index (χ3v) is 6.57. The fourth-order valence-corrected chi connectivity index (χ4v) is 4.74. The van der Waals surface area contributed by atoms with Crippen molar-refractivity contribution in [2.45, 2.75) is 25.3 Å². The van der Waals surface area contributed by atoms with E-state index in [-0.39, 0.29) is 24.1 Å². The molecule has 4 aromatic heterocycles. The lowest BCUT2D eigenvalue weighted by atomic mass is 10.0. The molecule has 0 aliphatic carbocycles. The van der Waals surface area contributed by atoms with E-state index in [4.69, 9.17) is 10.1 Å².